The Kier molecular flexibility index (Phi) is 5.35. The number of amides is 1. The standard InChI is InChI=1S/C20H14Cl2FNO3/c1-11-18(20(26)27-2)15(9-12-3-5-13(21)6-4-12)19(25)24(11)14-7-8-17(23)16(22)10-14/h3-10H,1-2H3/b15-9-. The molecule has 2 aromatic rings. The SMILES string of the molecule is COC(=O)C1=C(C)N(c2ccc(F)c(Cl)c2)C(=O)/C1=C\c1ccc(Cl)cc1. The Morgan fingerprint density at radius 1 is 1.15 bits per heavy atom. The van der Waals surface area contributed by atoms with Gasteiger partial charge in [0.15, 0.2) is 0 Å². The van der Waals surface area contributed by atoms with Crippen molar-refractivity contribution in [3.63, 3.8) is 0 Å². The van der Waals surface area contributed by atoms with Crippen molar-refractivity contribution in [1.29, 1.82) is 0 Å². The highest BCUT2D eigenvalue weighted by molar-refractivity contribution is 6.31. The van der Waals surface area contributed by atoms with Crippen LogP contribution in [0, 0.1) is 5.82 Å². The van der Waals surface area contributed by atoms with Crippen LogP contribution in [0.25, 0.3) is 6.08 Å². The van der Waals surface area contributed by atoms with Crippen LogP contribution in [0.1, 0.15) is 12.5 Å². The summed E-state index contributed by atoms with van der Waals surface area (Å²) < 4.78 is 18.3. The zero-order chi connectivity index (χ0) is 19.7. The van der Waals surface area contributed by atoms with Gasteiger partial charge in [-0.25, -0.2) is 9.18 Å². The van der Waals surface area contributed by atoms with Crippen LogP contribution in [0.2, 0.25) is 10.0 Å². The van der Waals surface area contributed by atoms with E-state index in [0.29, 0.717) is 22.0 Å². The van der Waals surface area contributed by atoms with E-state index in [1.54, 1.807) is 37.3 Å². The van der Waals surface area contributed by atoms with Crippen LogP contribution in [0.5, 0.6) is 0 Å². The molecular formula is C20H14Cl2FNO3. The van der Waals surface area contributed by atoms with E-state index in [-0.39, 0.29) is 16.2 Å². The summed E-state index contributed by atoms with van der Waals surface area (Å²) in [5.41, 5.74) is 1.72. The number of benzene rings is 2. The first-order chi connectivity index (χ1) is 12.8. The van der Waals surface area contributed by atoms with Crippen molar-refractivity contribution in [3.05, 3.63) is 80.7 Å². The second kappa shape index (κ2) is 7.55. The summed E-state index contributed by atoms with van der Waals surface area (Å²) in [6, 6.07) is 10.7. The number of ether oxygens (including phenoxy) is 1. The quantitative estimate of drug-likeness (QED) is 0.532. The highest BCUT2D eigenvalue weighted by atomic mass is 35.5. The summed E-state index contributed by atoms with van der Waals surface area (Å²) in [4.78, 5) is 26.7. The molecule has 0 radical (unpaired) electrons. The predicted octanol–water partition coefficient (Wildman–Crippen LogP) is 5.01. The summed E-state index contributed by atoms with van der Waals surface area (Å²) in [7, 11) is 1.24. The maximum absolute atomic E-state index is 13.5. The fraction of sp³-hybridized carbons (Fsp3) is 0.100. The van der Waals surface area contributed by atoms with Crippen LogP contribution in [-0.4, -0.2) is 19.0 Å². The number of carbonyl (C=O) groups is 2. The summed E-state index contributed by atoms with van der Waals surface area (Å²) in [5, 5.41) is 0.431. The van der Waals surface area contributed by atoms with Crippen LogP contribution >= 0.6 is 23.2 Å². The molecule has 1 aliphatic rings. The second-order valence-electron chi connectivity index (χ2n) is 5.80. The number of rotatable bonds is 3. The van der Waals surface area contributed by atoms with E-state index < -0.39 is 17.7 Å². The van der Waals surface area contributed by atoms with E-state index in [0.717, 1.165) is 6.07 Å². The molecule has 27 heavy (non-hydrogen) atoms. The maximum atomic E-state index is 13.5. The molecule has 0 aromatic heterocycles. The molecule has 3 rings (SSSR count). The smallest absolute Gasteiger partial charge is 0.340 e. The van der Waals surface area contributed by atoms with E-state index in [2.05, 4.69) is 0 Å². The second-order valence-corrected chi connectivity index (χ2v) is 6.64. The van der Waals surface area contributed by atoms with Gasteiger partial charge in [0.1, 0.15) is 5.82 Å². The number of methoxy groups -OCH3 is 1. The van der Waals surface area contributed by atoms with Crippen LogP contribution in [-0.2, 0) is 14.3 Å². The van der Waals surface area contributed by atoms with Crippen molar-refractivity contribution in [2.24, 2.45) is 0 Å². The molecule has 0 bridgehead atoms. The lowest BCUT2D eigenvalue weighted by Crippen LogP contribution is -2.24. The van der Waals surface area contributed by atoms with Crippen molar-refractivity contribution >= 4 is 46.8 Å². The zero-order valence-electron chi connectivity index (χ0n) is 14.4. The first-order valence-corrected chi connectivity index (χ1v) is 8.65. The van der Waals surface area contributed by atoms with Crippen molar-refractivity contribution in [1.82, 2.24) is 0 Å². The van der Waals surface area contributed by atoms with Gasteiger partial charge in [-0.2, -0.15) is 0 Å². The van der Waals surface area contributed by atoms with Gasteiger partial charge in [-0.1, -0.05) is 35.3 Å². The third-order valence-corrected chi connectivity index (χ3v) is 4.67. The van der Waals surface area contributed by atoms with Gasteiger partial charge in [0.05, 0.1) is 29.0 Å². The van der Waals surface area contributed by atoms with Gasteiger partial charge in [0.25, 0.3) is 5.91 Å². The van der Waals surface area contributed by atoms with Crippen molar-refractivity contribution < 1.29 is 18.7 Å². The average Bonchev–Trinajstić information content (AvgIpc) is 2.89. The van der Waals surface area contributed by atoms with E-state index in [1.165, 1.54) is 24.1 Å². The molecule has 2 aromatic carbocycles. The van der Waals surface area contributed by atoms with Crippen molar-refractivity contribution in [2.45, 2.75) is 6.92 Å². The Balaban J connectivity index is 2.14. The number of anilines is 1. The lowest BCUT2D eigenvalue weighted by molar-refractivity contribution is -0.136. The number of halogens is 3. The highest BCUT2D eigenvalue weighted by Crippen LogP contribution is 2.36. The molecule has 0 N–H and O–H groups in total. The lowest BCUT2D eigenvalue weighted by Gasteiger charge is -2.18. The number of allylic oxidation sites excluding steroid dienone is 1. The number of hydrogen-bond acceptors (Lipinski definition) is 3. The summed E-state index contributed by atoms with van der Waals surface area (Å²) >= 11 is 11.7. The number of hydrogen-bond donors (Lipinski definition) is 0. The van der Waals surface area contributed by atoms with Gasteiger partial charge < -0.3 is 4.74 Å². The van der Waals surface area contributed by atoms with Crippen LogP contribution in [0.15, 0.2) is 59.3 Å². The van der Waals surface area contributed by atoms with Gasteiger partial charge >= 0.3 is 5.97 Å². The predicted molar refractivity (Wildman–Crippen MR) is 103 cm³/mol. The van der Waals surface area contributed by atoms with E-state index in [1.807, 2.05) is 0 Å². The molecule has 4 nitrogen and oxygen atoms in total. The largest absolute Gasteiger partial charge is 0.465 e. The van der Waals surface area contributed by atoms with Gasteiger partial charge in [0.2, 0.25) is 0 Å². The minimum atomic E-state index is -0.642. The van der Waals surface area contributed by atoms with Gasteiger partial charge in [-0.15, -0.1) is 0 Å². The highest BCUT2D eigenvalue weighted by Gasteiger charge is 2.38. The lowest BCUT2D eigenvalue weighted by atomic mass is 10.0. The summed E-state index contributed by atoms with van der Waals surface area (Å²) in [6.45, 7) is 1.62. The average molecular weight is 406 g/mol. The fourth-order valence-corrected chi connectivity index (χ4v) is 3.14. The monoisotopic (exact) mass is 405 g/mol. The molecule has 0 saturated heterocycles. The minimum Gasteiger partial charge on any atom is -0.465 e. The molecule has 138 valence electrons. The maximum Gasteiger partial charge on any atom is 0.340 e. The molecule has 1 aliphatic heterocycles. The number of nitrogens with zero attached hydrogens (tertiary/aromatic N) is 1. The van der Waals surface area contributed by atoms with Crippen molar-refractivity contribution in [3.8, 4) is 0 Å². The molecule has 7 heteroatoms. The molecular weight excluding hydrogens is 392 g/mol. The Morgan fingerprint density at radius 2 is 1.81 bits per heavy atom. The van der Waals surface area contributed by atoms with Gasteiger partial charge in [0, 0.05) is 10.7 Å². The Labute approximate surface area is 165 Å². The molecule has 0 fully saturated rings. The van der Waals surface area contributed by atoms with Crippen molar-refractivity contribution in [2.75, 3.05) is 12.0 Å². The molecule has 0 aliphatic carbocycles. The molecule has 0 unspecified atom stereocenters. The molecule has 0 atom stereocenters. The molecule has 1 amide bonds. The van der Waals surface area contributed by atoms with E-state index in [4.69, 9.17) is 27.9 Å². The third-order valence-electron chi connectivity index (χ3n) is 4.13. The Bertz CT molecular complexity index is 997. The summed E-state index contributed by atoms with van der Waals surface area (Å²) in [6.07, 6.45) is 1.58. The molecule has 0 spiro atoms. The Morgan fingerprint density at radius 3 is 2.41 bits per heavy atom. The van der Waals surface area contributed by atoms with Crippen LogP contribution in [0.3, 0.4) is 0 Å². The van der Waals surface area contributed by atoms with Gasteiger partial charge in [-0.05, 0) is 48.9 Å². The van der Waals surface area contributed by atoms with E-state index >= 15 is 0 Å². The van der Waals surface area contributed by atoms with Gasteiger partial charge in [-0.3, -0.25) is 9.69 Å². The molecule has 0 saturated carbocycles. The summed E-state index contributed by atoms with van der Waals surface area (Å²) in [5.74, 6) is -1.68. The minimum absolute atomic E-state index is 0.122. The third kappa shape index (κ3) is 3.61. The zero-order valence-corrected chi connectivity index (χ0v) is 15.9. The number of esters is 1. The molecule has 1 heterocycles. The van der Waals surface area contributed by atoms with E-state index in [9.17, 15) is 14.0 Å². The first-order valence-electron chi connectivity index (χ1n) is 7.90. The van der Waals surface area contributed by atoms with Crippen LogP contribution in [0.4, 0.5) is 10.1 Å². The van der Waals surface area contributed by atoms with Crippen LogP contribution < -0.4 is 4.90 Å². The Hall–Kier alpha value is -2.63. The topological polar surface area (TPSA) is 46.6 Å². The normalized spacial score (nSPS) is 15.7. The number of carbonyl (C=O) groups excluding carboxylic acids is 2. The fourth-order valence-electron chi connectivity index (χ4n) is 2.84. The first kappa shape index (κ1) is 19.1.